The smallest absolute Gasteiger partial charge is 0.248 e. The Bertz CT molecular complexity index is 912. The van der Waals surface area contributed by atoms with Crippen molar-refractivity contribution >= 4 is 23.2 Å². The lowest BCUT2D eigenvalue weighted by molar-refractivity contribution is 0.540. The first-order valence-electron chi connectivity index (χ1n) is 7.41. The van der Waals surface area contributed by atoms with Gasteiger partial charge in [-0.1, -0.05) is 52.6 Å². The summed E-state index contributed by atoms with van der Waals surface area (Å²) in [6.07, 6.45) is 1.87. The van der Waals surface area contributed by atoms with E-state index in [1.54, 1.807) is 12.1 Å². The van der Waals surface area contributed by atoms with Gasteiger partial charge >= 0.3 is 0 Å². The average Bonchev–Trinajstić information content (AvgIpc) is 3.04. The summed E-state index contributed by atoms with van der Waals surface area (Å²) in [5.74, 6) is 0.0488. The van der Waals surface area contributed by atoms with Crippen LogP contribution in [0.15, 0.2) is 48.5 Å². The largest absolute Gasteiger partial charge is 0.323 e. The van der Waals surface area contributed by atoms with Gasteiger partial charge in [-0.05, 0) is 41.1 Å². The molecule has 120 valence electrons. The molecule has 0 saturated carbocycles. The van der Waals surface area contributed by atoms with Crippen LogP contribution in [-0.2, 0) is 0 Å². The highest BCUT2D eigenvalue weighted by Crippen LogP contribution is 2.35. The Balaban J connectivity index is 1.87. The number of allylic oxidation sites excluding steroid dienone is 1. The predicted octanol–water partition coefficient (Wildman–Crippen LogP) is 3.83. The number of hydrogen-bond acceptors (Lipinski definition) is 4. The lowest BCUT2D eigenvalue weighted by Crippen LogP contribution is -2.21. The summed E-state index contributed by atoms with van der Waals surface area (Å²) in [5.41, 5.74) is 3.28. The van der Waals surface area contributed by atoms with E-state index >= 15 is 0 Å². The first kappa shape index (κ1) is 14.8. The van der Waals surface area contributed by atoms with Gasteiger partial charge in [-0.3, -0.25) is 0 Å². The molecule has 4 rings (SSSR count). The standard InChI is InChI=1S/C17H13ClFN5/c1-10-5-7-11(8-6-10)14-9-15(24-17(20-14)21-22-23-24)16-12(18)3-2-4-13(16)19/h2-9,15H,1H3,(H,20,21,23). The van der Waals surface area contributed by atoms with Gasteiger partial charge in [0.05, 0.1) is 0 Å². The molecule has 1 N–H and O–H groups in total. The van der Waals surface area contributed by atoms with Crippen LogP contribution >= 0.6 is 11.6 Å². The van der Waals surface area contributed by atoms with E-state index in [0.717, 1.165) is 16.8 Å². The van der Waals surface area contributed by atoms with Gasteiger partial charge in [0, 0.05) is 16.3 Å². The maximum atomic E-state index is 14.4. The third-order valence-electron chi connectivity index (χ3n) is 3.99. The van der Waals surface area contributed by atoms with Crippen molar-refractivity contribution in [3.05, 3.63) is 76.1 Å². The molecule has 0 fully saturated rings. The molecule has 5 nitrogen and oxygen atoms in total. The van der Waals surface area contributed by atoms with Gasteiger partial charge in [0.2, 0.25) is 5.95 Å². The Morgan fingerprint density at radius 1 is 1.17 bits per heavy atom. The van der Waals surface area contributed by atoms with Gasteiger partial charge in [-0.15, -0.1) is 0 Å². The summed E-state index contributed by atoms with van der Waals surface area (Å²) in [6, 6.07) is 12.1. The molecule has 1 aromatic heterocycles. The fourth-order valence-corrected chi connectivity index (χ4v) is 3.03. The van der Waals surface area contributed by atoms with Crippen LogP contribution < -0.4 is 5.32 Å². The summed E-state index contributed by atoms with van der Waals surface area (Å²) in [6.45, 7) is 2.02. The Hall–Kier alpha value is -2.73. The SMILES string of the molecule is Cc1ccc(C2=CC(c3c(F)cccc3Cl)n3nnnc3N2)cc1. The molecule has 0 aliphatic carbocycles. The second-order valence-electron chi connectivity index (χ2n) is 5.60. The third-order valence-corrected chi connectivity index (χ3v) is 4.31. The highest BCUT2D eigenvalue weighted by Gasteiger charge is 2.28. The zero-order chi connectivity index (χ0) is 16.7. The zero-order valence-electron chi connectivity index (χ0n) is 12.7. The summed E-state index contributed by atoms with van der Waals surface area (Å²) in [7, 11) is 0. The third kappa shape index (κ3) is 2.45. The quantitative estimate of drug-likeness (QED) is 0.769. The van der Waals surface area contributed by atoms with Crippen molar-refractivity contribution in [1.82, 2.24) is 20.2 Å². The first-order chi connectivity index (χ1) is 11.6. The highest BCUT2D eigenvalue weighted by atomic mass is 35.5. The van der Waals surface area contributed by atoms with E-state index in [1.807, 2.05) is 37.3 Å². The summed E-state index contributed by atoms with van der Waals surface area (Å²) in [5, 5.41) is 15.1. The number of fused-ring (bicyclic) bond motifs is 1. The number of benzene rings is 2. The topological polar surface area (TPSA) is 55.6 Å². The predicted molar refractivity (Wildman–Crippen MR) is 90.1 cm³/mol. The van der Waals surface area contributed by atoms with E-state index in [-0.39, 0.29) is 0 Å². The molecule has 0 bridgehead atoms. The minimum atomic E-state index is -0.527. The highest BCUT2D eigenvalue weighted by molar-refractivity contribution is 6.31. The number of hydrogen-bond donors (Lipinski definition) is 1. The zero-order valence-corrected chi connectivity index (χ0v) is 13.5. The van der Waals surface area contributed by atoms with E-state index in [4.69, 9.17) is 11.6 Å². The maximum Gasteiger partial charge on any atom is 0.248 e. The molecule has 0 radical (unpaired) electrons. The number of anilines is 1. The van der Waals surface area contributed by atoms with Gasteiger partial charge in [0.1, 0.15) is 11.9 Å². The minimum Gasteiger partial charge on any atom is -0.323 e. The van der Waals surface area contributed by atoms with Gasteiger partial charge in [-0.25, -0.2) is 4.39 Å². The second-order valence-corrected chi connectivity index (χ2v) is 6.01. The Morgan fingerprint density at radius 2 is 1.96 bits per heavy atom. The van der Waals surface area contributed by atoms with Crippen molar-refractivity contribution < 1.29 is 4.39 Å². The summed E-state index contributed by atoms with van der Waals surface area (Å²) < 4.78 is 15.9. The second kappa shape index (κ2) is 5.72. The Kier molecular flexibility index (Phi) is 3.54. The Morgan fingerprint density at radius 3 is 2.71 bits per heavy atom. The lowest BCUT2D eigenvalue weighted by Gasteiger charge is -2.24. The fourth-order valence-electron chi connectivity index (χ4n) is 2.75. The van der Waals surface area contributed by atoms with E-state index in [9.17, 15) is 4.39 Å². The minimum absolute atomic E-state index is 0.336. The molecule has 1 aliphatic rings. The van der Waals surface area contributed by atoms with Gasteiger partial charge < -0.3 is 5.32 Å². The van der Waals surface area contributed by atoms with Crippen LogP contribution in [-0.4, -0.2) is 20.2 Å². The number of nitrogens with one attached hydrogen (secondary N) is 1. The van der Waals surface area contributed by atoms with Gasteiger partial charge in [0.15, 0.2) is 0 Å². The normalized spacial score (nSPS) is 16.3. The van der Waals surface area contributed by atoms with Crippen molar-refractivity contribution in [1.29, 1.82) is 0 Å². The molecular formula is C17H13ClFN5. The van der Waals surface area contributed by atoms with Crippen LogP contribution in [0.1, 0.15) is 22.7 Å². The number of halogens is 2. The van der Waals surface area contributed by atoms with Gasteiger partial charge in [0.25, 0.3) is 0 Å². The van der Waals surface area contributed by atoms with E-state index in [1.165, 1.54) is 10.7 Å². The van der Waals surface area contributed by atoms with Crippen molar-refractivity contribution in [3.8, 4) is 0 Å². The number of aromatic nitrogens is 4. The van der Waals surface area contributed by atoms with Crippen LogP contribution in [0.25, 0.3) is 5.70 Å². The molecule has 24 heavy (non-hydrogen) atoms. The average molecular weight is 342 g/mol. The molecule has 0 amide bonds. The molecule has 7 heteroatoms. The number of nitrogens with zero attached hydrogens (tertiary/aromatic N) is 4. The fraction of sp³-hybridized carbons (Fsp3) is 0.118. The molecule has 1 aliphatic heterocycles. The van der Waals surface area contributed by atoms with Crippen LogP contribution in [0.3, 0.4) is 0 Å². The monoisotopic (exact) mass is 341 g/mol. The van der Waals surface area contributed by atoms with Crippen LogP contribution in [0.2, 0.25) is 5.02 Å². The number of tetrazole rings is 1. The molecule has 2 heterocycles. The van der Waals surface area contributed by atoms with Crippen molar-refractivity contribution in [2.24, 2.45) is 0 Å². The van der Waals surface area contributed by atoms with Gasteiger partial charge in [-0.2, -0.15) is 4.68 Å². The number of aryl methyl sites for hydroxylation is 1. The van der Waals surface area contributed by atoms with Crippen LogP contribution in [0, 0.1) is 12.7 Å². The molecule has 2 aromatic carbocycles. The molecule has 1 atom stereocenters. The molecule has 0 spiro atoms. The van der Waals surface area contributed by atoms with Crippen molar-refractivity contribution in [2.45, 2.75) is 13.0 Å². The first-order valence-corrected chi connectivity index (χ1v) is 7.79. The number of rotatable bonds is 2. The van der Waals surface area contributed by atoms with Crippen LogP contribution in [0.5, 0.6) is 0 Å². The molecular weight excluding hydrogens is 329 g/mol. The molecule has 1 unspecified atom stereocenters. The Labute approximate surface area is 142 Å². The van der Waals surface area contributed by atoms with Crippen LogP contribution in [0.4, 0.5) is 10.3 Å². The molecule has 3 aromatic rings. The summed E-state index contributed by atoms with van der Waals surface area (Å²) in [4.78, 5) is 0. The molecule has 0 saturated heterocycles. The van der Waals surface area contributed by atoms with E-state index in [0.29, 0.717) is 16.5 Å². The lowest BCUT2D eigenvalue weighted by atomic mass is 10.0. The maximum absolute atomic E-state index is 14.4. The van der Waals surface area contributed by atoms with Crippen molar-refractivity contribution in [2.75, 3.05) is 5.32 Å². The van der Waals surface area contributed by atoms with E-state index < -0.39 is 11.9 Å². The van der Waals surface area contributed by atoms with E-state index in [2.05, 4.69) is 20.8 Å². The summed E-state index contributed by atoms with van der Waals surface area (Å²) >= 11 is 6.24. The van der Waals surface area contributed by atoms with Crippen molar-refractivity contribution in [3.63, 3.8) is 0 Å².